The molecule has 4 unspecified atom stereocenters. The van der Waals surface area contributed by atoms with E-state index < -0.39 is 5.67 Å². The van der Waals surface area contributed by atoms with Crippen LogP contribution in [0.5, 0.6) is 0 Å². The molecule has 12 heavy (non-hydrogen) atoms. The summed E-state index contributed by atoms with van der Waals surface area (Å²) < 4.78 is 13.8. The van der Waals surface area contributed by atoms with Crippen LogP contribution < -0.4 is 5.73 Å². The zero-order valence-corrected chi connectivity index (χ0v) is 7.87. The van der Waals surface area contributed by atoms with Gasteiger partial charge in [-0.1, -0.05) is 0 Å². The minimum absolute atomic E-state index is 0. The Morgan fingerprint density at radius 1 is 1.25 bits per heavy atom. The van der Waals surface area contributed by atoms with Gasteiger partial charge in [-0.2, -0.15) is 0 Å². The fourth-order valence-electron chi connectivity index (χ4n) is 3.86. The molecule has 4 aliphatic carbocycles. The van der Waals surface area contributed by atoms with E-state index in [-0.39, 0.29) is 17.9 Å². The minimum Gasteiger partial charge on any atom is -0.325 e. The van der Waals surface area contributed by atoms with Crippen LogP contribution >= 0.6 is 12.4 Å². The maximum absolute atomic E-state index is 13.8. The van der Waals surface area contributed by atoms with Crippen molar-refractivity contribution in [2.45, 2.75) is 43.3 Å². The molecule has 4 saturated carbocycles. The number of halogens is 2. The average molecular weight is 192 g/mol. The normalized spacial score (nSPS) is 60.5. The van der Waals surface area contributed by atoms with Crippen molar-refractivity contribution in [2.24, 2.45) is 17.6 Å². The van der Waals surface area contributed by atoms with E-state index in [1.165, 1.54) is 6.42 Å². The molecular weight excluding hydrogens is 177 g/mol. The lowest BCUT2D eigenvalue weighted by Gasteiger charge is -2.33. The molecule has 4 fully saturated rings. The smallest absolute Gasteiger partial charge is 0.113 e. The van der Waals surface area contributed by atoms with E-state index >= 15 is 0 Å². The van der Waals surface area contributed by atoms with Crippen molar-refractivity contribution in [3.8, 4) is 0 Å². The SMILES string of the molecule is Cl.NC12CC3CC1CC(F)(C3)C2. The van der Waals surface area contributed by atoms with Gasteiger partial charge in [-0.25, -0.2) is 4.39 Å². The van der Waals surface area contributed by atoms with Crippen LogP contribution in [0.1, 0.15) is 32.1 Å². The predicted molar refractivity (Wildman–Crippen MR) is 48.1 cm³/mol. The first-order chi connectivity index (χ1) is 5.10. The van der Waals surface area contributed by atoms with Gasteiger partial charge in [-0.3, -0.25) is 0 Å². The van der Waals surface area contributed by atoms with Crippen molar-refractivity contribution < 1.29 is 4.39 Å². The summed E-state index contributed by atoms with van der Waals surface area (Å²) in [5.74, 6) is 1.14. The Hall–Kier alpha value is 0.180. The first-order valence-corrected chi connectivity index (χ1v) is 4.58. The van der Waals surface area contributed by atoms with Crippen LogP contribution in [-0.2, 0) is 0 Å². The van der Waals surface area contributed by atoms with Gasteiger partial charge in [0.05, 0.1) is 0 Å². The molecule has 0 aliphatic heterocycles. The molecule has 0 aromatic heterocycles. The predicted octanol–water partition coefficient (Wildman–Crippen LogP) is 2.04. The van der Waals surface area contributed by atoms with Crippen molar-refractivity contribution >= 4 is 12.4 Å². The average Bonchev–Trinajstić information content (AvgIpc) is 2.09. The summed E-state index contributed by atoms with van der Waals surface area (Å²) in [5, 5.41) is 0. The summed E-state index contributed by atoms with van der Waals surface area (Å²) in [6.45, 7) is 0. The Kier molecular flexibility index (Phi) is 1.57. The summed E-state index contributed by atoms with van der Waals surface area (Å²) >= 11 is 0. The fraction of sp³-hybridized carbons (Fsp3) is 1.00. The van der Waals surface area contributed by atoms with Crippen LogP contribution in [0.3, 0.4) is 0 Å². The first-order valence-electron chi connectivity index (χ1n) is 4.58. The Morgan fingerprint density at radius 2 is 2.00 bits per heavy atom. The molecule has 0 aromatic carbocycles. The Morgan fingerprint density at radius 3 is 2.50 bits per heavy atom. The Balaban J connectivity index is 0.000000563. The van der Waals surface area contributed by atoms with Crippen LogP contribution in [0.15, 0.2) is 0 Å². The molecular formula is C9H15ClFN. The van der Waals surface area contributed by atoms with Crippen molar-refractivity contribution in [1.29, 1.82) is 0 Å². The summed E-state index contributed by atoms with van der Waals surface area (Å²) in [6, 6.07) is 0. The van der Waals surface area contributed by atoms with E-state index in [1.807, 2.05) is 0 Å². The second kappa shape index (κ2) is 2.16. The lowest BCUT2D eigenvalue weighted by atomic mass is 9.78. The molecule has 0 amide bonds. The summed E-state index contributed by atoms with van der Waals surface area (Å²) in [6.07, 6.45) is 4.54. The lowest BCUT2D eigenvalue weighted by molar-refractivity contribution is 0.0780. The standard InChI is InChI=1S/C9H14FN.ClH/c10-8-2-6-1-7(4-8)9(11,3-6)5-8;/h6-7H,1-5,11H2;1H. The van der Waals surface area contributed by atoms with Crippen molar-refractivity contribution in [3.05, 3.63) is 0 Å². The summed E-state index contributed by atoms with van der Waals surface area (Å²) in [7, 11) is 0. The zero-order chi connectivity index (χ0) is 7.69. The second-order valence-corrected chi connectivity index (χ2v) is 4.97. The van der Waals surface area contributed by atoms with Gasteiger partial charge in [0.15, 0.2) is 0 Å². The number of nitrogens with two attached hydrogens (primary N) is 1. The van der Waals surface area contributed by atoms with Crippen LogP contribution in [0.4, 0.5) is 4.39 Å². The van der Waals surface area contributed by atoms with Gasteiger partial charge in [0.1, 0.15) is 5.67 Å². The van der Waals surface area contributed by atoms with Gasteiger partial charge in [0, 0.05) is 5.54 Å². The summed E-state index contributed by atoms with van der Waals surface area (Å²) in [4.78, 5) is 0. The fourth-order valence-corrected chi connectivity index (χ4v) is 3.86. The van der Waals surface area contributed by atoms with Crippen molar-refractivity contribution in [1.82, 2.24) is 0 Å². The number of hydrogen-bond acceptors (Lipinski definition) is 1. The zero-order valence-electron chi connectivity index (χ0n) is 7.05. The van der Waals surface area contributed by atoms with E-state index in [1.54, 1.807) is 0 Å². The molecule has 1 nitrogen and oxygen atoms in total. The molecule has 0 aromatic rings. The number of rotatable bonds is 0. The van der Waals surface area contributed by atoms with Gasteiger partial charge >= 0.3 is 0 Å². The molecule has 0 heterocycles. The van der Waals surface area contributed by atoms with E-state index in [4.69, 9.17) is 5.73 Å². The highest BCUT2D eigenvalue weighted by molar-refractivity contribution is 5.85. The highest BCUT2D eigenvalue weighted by Crippen LogP contribution is 2.62. The Labute approximate surface area is 78.3 Å². The molecule has 0 spiro atoms. The Bertz CT molecular complexity index is 221. The third kappa shape index (κ3) is 0.882. The van der Waals surface area contributed by atoms with Crippen molar-refractivity contribution in [3.63, 3.8) is 0 Å². The van der Waals surface area contributed by atoms with E-state index in [0.717, 1.165) is 19.3 Å². The van der Waals surface area contributed by atoms with Crippen LogP contribution in [0.2, 0.25) is 0 Å². The molecule has 3 heteroatoms. The highest BCUT2D eigenvalue weighted by Gasteiger charge is 2.62. The first kappa shape index (κ1) is 8.76. The molecule has 4 atom stereocenters. The van der Waals surface area contributed by atoms with Gasteiger partial charge in [-0.05, 0) is 43.9 Å². The highest BCUT2D eigenvalue weighted by atomic mass is 35.5. The van der Waals surface area contributed by atoms with Gasteiger partial charge < -0.3 is 5.73 Å². The van der Waals surface area contributed by atoms with Gasteiger partial charge in [0.25, 0.3) is 0 Å². The van der Waals surface area contributed by atoms with Gasteiger partial charge in [0.2, 0.25) is 0 Å². The molecule has 70 valence electrons. The van der Waals surface area contributed by atoms with Gasteiger partial charge in [-0.15, -0.1) is 12.4 Å². The van der Waals surface area contributed by atoms with E-state index in [9.17, 15) is 4.39 Å². The molecule has 2 N–H and O–H groups in total. The monoisotopic (exact) mass is 191 g/mol. The van der Waals surface area contributed by atoms with Crippen molar-refractivity contribution in [2.75, 3.05) is 0 Å². The molecule has 4 rings (SSSR count). The molecule has 0 radical (unpaired) electrons. The topological polar surface area (TPSA) is 26.0 Å². The second-order valence-electron chi connectivity index (χ2n) is 4.97. The molecule has 4 bridgehead atoms. The van der Waals surface area contributed by atoms with Crippen LogP contribution in [0.25, 0.3) is 0 Å². The lowest BCUT2D eigenvalue weighted by Crippen LogP contribution is -2.43. The third-order valence-electron chi connectivity index (χ3n) is 4.01. The quantitative estimate of drug-likeness (QED) is 0.623. The maximum Gasteiger partial charge on any atom is 0.113 e. The van der Waals surface area contributed by atoms with E-state index in [2.05, 4.69) is 0 Å². The summed E-state index contributed by atoms with van der Waals surface area (Å²) in [5.41, 5.74) is 5.20. The van der Waals surface area contributed by atoms with E-state index in [0.29, 0.717) is 18.3 Å². The minimum atomic E-state index is -0.847. The maximum atomic E-state index is 13.8. The van der Waals surface area contributed by atoms with Crippen LogP contribution in [0, 0.1) is 11.8 Å². The molecule has 4 aliphatic rings. The number of hydrogen-bond donors (Lipinski definition) is 1. The van der Waals surface area contributed by atoms with Crippen LogP contribution in [-0.4, -0.2) is 11.2 Å². The number of alkyl halides is 1. The largest absolute Gasteiger partial charge is 0.325 e. The molecule has 0 saturated heterocycles. The third-order valence-corrected chi connectivity index (χ3v) is 4.01.